The molecule has 0 fully saturated rings. The summed E-state index contributed by atoms with van der Waals surface area (Å²) in [4.78, 5) is 12.2. The van der Waals surface area contributed by atoms with Crippen LogP contribution in [0.3, 0.4) is 0 Å². The fraction of sp³-hybridized carbons (Fsp3) is 0.278. The molecule has 0 spiro atoms. The van der Waals surface area contributed by atoms with E-state index in [-0.39, 0.29) is 18.1 Å². The summed E-state index contributed by atoms with van der Waals surface area (Å²) in [6.07, 6.45) is 1.02. The first-order valence-corrected chi connectivity index (χ1v) is 10.3. The first-order valence-electron chi connectivity index (χ1n) is 8.40. The number of thiophene rings is 1. The quantitative estimate of drug-likeness (QED) is 0.411. The Labute approximate surface area is 164 Å². The van der Waals surface area contributed by atoms with Gasteiger partial charge in [0.05, 0.1) is 11.5 Å². The second-order valence-electron chi connectivity index (χ2n) is 5.66. The number of benzene rings is 1. The van der Waals surface area contributed by atoms with Crippen molar-refractivity contribution in [3.63, 3.8) is 0 Å². The average molecular weight is 407 g/mol. The fourth-order valence-corrected chi connectivity index (χ4v) is 3.94. The van der Waals surface area contributed by atoms with E-state index in [2.05, 4.69) is 10.2 Å². The second kappa shape index (κ2) is 9.52. The zero-order valence-electron chi connectivity index (χ0n) is 14.5. The maximum atomic E-state index is 12.9. The molecule has 0 aliphatic carbocycles. The molecule has 2 aromatic heterocycles. The average Bonchev–Trinajstić information content (AvgIpc) is 3.30. The van der Waals surface area contributed by atoms with Gasteiger partial charge in [-0.1, -0.05) is 17.8 Å². The largest absolute Gasteiger partial charge is 0.494 e. The fourth-order valence-electron chi connectivity index (χ4n) is 2.35. The number of nitrogens with two attached hydrogens (primary N) is 1. The molecule has 0 aliphatic rings. The Kier molecular flexibility index (Phi) is 6.83. The first-order chi connectivity index (χ1) is 13.1. The van der Waals surface area contributed by atoms with E-state index < -0.39 is 0 Å². The van der Waals surface area contributed by atoms with Gasteiger partial charge in [-0.25, -0.2) is 4.39 Å². The van der Waals surface area contributed by atoms with Crippen molar-refractivity contribution < 1.29 is 13.9 Å². The van der Waals surface area contributed by atoms with Gasteiger partial charge in [0.25, 0.3) is 0 Å². The monoisotopic (exact) mass is 406 g/mol. The summed E-state index contributed by atoms with van der Waals surface area (Å²) in [5.41, 5.74) is 5.29. The van der Waals surface area contributed by atoms with Crippen LogP contribution in [-0.2, 0) is 11.3 Å². The lowest BCUT2D eigenvalue weighted by Gasteiger charge is -2.09. The van der Waals surface area contributed by atoms with E-state index in [9.17, 15) is 9.18 Å². The zero-order valence-corrected chi connectivity index (χ0v) is 16.1. The zero-order chi connectivity index (χ0) is 19.1. The summed E-state index contributed by atoms with van der Waals surface area (Å²) in [5, 5.41) is 11.3. The maximum Gasteiger partial charge on any atom is 0.219 e. The van der Waals surface area contributed by atoms with Crippen molar-refractivity contribution in [1.82, 2.24) is 14.8 Å². The minimum Gasteiger partial charge on any atom is -0.494 e. The maximum absolute atomic E-state index is 12.9. The number of aromatic nitrogens is 3. The molecule has 0 atom stereocenters. The molecule has 2 heterocycles. The van der Waals surface area contributed by atoms with Crippen molar-refractivity contribution in [2.24, 2.45) is 5.73 Å². The molecule has 27 heavy (non-hydrogen) atoms. The summed E-state index contributed by atoms with van der Waals surface area (Å²) >= 11 is 3.13. The van der Waals surface area contributed by atoms with E-state index >= 15 is 0 Å². The highest BCUT2D eigenvalue weighted by Gasteiger charge is 2.15. The third kappa shape index (κ3) is 5.54. The number of thioether (sulfide) groups is 1. The summed E-state index contributed by atoms with van der Waals surface area (Å²) in [6.45, 7) is 0.968. The lowest BCUT2D eigenvalue weighted by Crippen LogP contribution is -2.15. The molecule has 0 bridgehead atoms. The first kappa shape index (κ1) is 19.4. The second-order valence-corrected chi connectivity index (χ2v) is 7.67. The van der Waals surface area contributed by atoms with E-state index in [0.29, 0.717) is 18.9 Å². The van der Waals surface area contributed by atoms with Crippen LogP contribution in [0.25, 0.3) is 10.7 Å². The van der Waals surface area contributed by atoms with E-state index in [1.807, 2.05) is 22.1 Å². The molecule has 142 valence electrons. The molecule has 0 saturated carbocycles. The smallest absolute Gasteiger partial charge is 0.219 e. The highest BCUT2D eigenvalue weighted by Crippen LogP contribution is 2.27. The molecular weight excluding hydrogens is 387 g/mol. The minimum atomic E-state index is -0.357. The van der Waals surface area contributed by atoms with Crippen LogP contribution in [-0.4, -0.2) is 33.0 Å². The molecule has 0 aliphatic heterocycles. The lowest BCUT2D eigenvalue weighted by atomic mass is 10.3. The van der Waals surface area contributed by atoms with Crippen molar-refractivity contribution >= 4 is 29.0 Å². The number of hydrogen-bond acceptors (Lipinski definition) is 6. The molecule has 2 N–H and O–H groups in total. The van der Waals surface area contributed by atoms with Gasteiger partial charge in [-0.2, -0.15) is 0 Å². The van der Waals surface area contributed by atoms with Gasteiger partial charge in [0.1, 0.15) is 11.6 Å². The molecular formula is C18H19FN4O2S2. The van der Waals surface area contributed by atoms with Crippen LogP contribution in [0.5, 0.6) is 5.75 Å². The SMILES string of the molecule is NC(=O)CCn1c(SCCCOc2ccc(F)cc2)nnc1-c1cccs1. The Morgan fingerprint density at radius 2 is 2.07 bits per heavy atom. The van der Waals surface area contributed by atoms with Gasteiger partial charge in [0.2, 0.25) is 5.91 Å². The number of carbonyl (C=O) groups is 1. The van der Waals surface area contributed by atoms with Crippen molar-refractivity contribution in [2.75, 3.05) is 12.4 Å². The topological polar surface area (TPSA) is 83.0 Å². The normalized spacial score (nSPS) is 10.9. The summed E-state index contributed by atoms with van der Waals surface area (Å²) in [5.74, 6) is 1.53. The Morgan fingerprint density at radius 1 is 1.26 bits per heavy atom. The summed E-state index contributed by atoms with van der Waals surface area (Å²) in [6, 6.07) is 9.88. The molecule has 0 saturated heterocycles. The van der Waals surface area contributed by atoms with Crippen LogP contribution >= 0.6 is 23.1 Å². The summed E-state index contributed by atoms with van der Waals surface area (Å²) in [7, 11) is 0. The molecule has 6 nitrogen and oxygen atoms in total. The molecule has 1 aromatic carbocycles. The van der Waals surface area contributed by atoms with Crippen LogP contribution in [0.2, 0.25) is 0 Å². The summed E-state index contributed by atoms with van der Waals surface area (Å²) < 4.78 is 20.4. The van der Waals surface area contributed by atoms with E-state index in [0.717, 1.165) is 28.0 Å². The van der Waals surface area contributed by atoms with Gasteiger partial charge in [-0.15, -0.1) is 21.5 Å². The van der Waals surface area contributed by atoms with E-state index in [1.54, 1.807) is 35.2 Å². The Balaban J connectivity index is 1.55. The highest BCUT2D eigenvalue weighted by molar-refractivity contribution is 7.99. The Morgan fingerprint density at radius 3 is 2.78 bits per heavy atom. The molecule has 3 aromatic rings. The third-order valence-corrected chi connectivity index (χ3v) is 5.56. The molecule has 3 rings (SSSR count). The van der Waals surface area contributed by atoms with Gasteiger partial charge >= 0.3 is 0 Å². The number of ether oxygens (including phenoxy) is 1. The Hall–Kier alpha value is -2.39. The van der Waals surface area contributed by atoms with Crippen molar-refractivity contribution in [2.45, 2.75) is 24.5 Å². The Bertz CT molecular complexity index is 866. The van der Waals surface area contributed by atoms with Crippen LogP contribution in [0, 0.1) is 5.82 Å². The van der Waals surface area contributed by atoms with Crippen LogP contribution in [0.4, 0.5) is 4.39 Å². The highest BCUT2D eigenvalue weighted by atomic mass is 32.2. The number of nitrogens with zero attached hydrogens (tertiary/aromatic N) is 3. The number of amides is 1. The van der Waals surface area contributed by atoms with Gasteiger partial charge in [0.15, 0.2) is 11.0 Å². The van der Waals surface area contributed by atoms with Crippen LogP contribution in [0.1, 0.15) is 12.8 Å². The molecule has 9 heteroatoms. The number of halogens is 1. The number of carbonyl (C=O) groups excluding carboxylic acids is 1. The van der Waals surface area contributed by atoms with Crippen LogP contribution in [0.15, 0.2) is 46.9 Å². The van der Waals surface area contributed by atoms with Gasteiger partial charge in [-0.05, 0) is 42.1 Å². The van der Waals surface area contributed by atoms with Crippen LogP contribution < -0.4 is 10.5 Å². The predicted octanol–water partition coefficient (Wildman–Crippen LogP) is 3.58. The van der Waals surface area contributed by atoms with Gasteiger partial charge in [0, 0.05) is 18.7 Å². The molecule has 0 radical (unpaired) electrons. The van der Waals surface area contributed by atoms with Gasteiger partial charge < -0.3 is 15.0 Å². The van der Waals surface area contributed by atoms with E-state index in [4.69, 9.17) is 10.5 Å². The van der Waals surface area contributed by atoms with Crippen molar-refractivity contribution in [3.05, 3.63) is 47.6 Å². The van der Waals surface area contributed by atoms with Crippen molar-refractivity contribution in [3.8, 4) is 16.5 Å². The predicted molar refractivity (Wildman–Crippen MR) is 104 cm³/mol. The molecule has 0 unspecified atom stereocenters. The van der Waals surface area contributed by atoms with E-state index in [1.165, 1.54) is 12.1 Å². The standard InChI is InChI=1S/C18H19FN4O2S2/c19-13-4-6-14(7-5-13)25-10-2-12-27-18-22-21-17(15-3-1-11-26-15)23(18)9-8-16(20)24/h1,3-7,11H,2,8-10,12H2,(H2,20,24). The molecule has 1 amide bonds. The third-order valence-electron chi connectivity index (χ3n) is 3.64. The van der Waals surface area contributed by atoms with Crippen molar-refractivity contribution in [1.29, 1.82) is 0 Å². The lowest BCUT2D eigenvalue weighted by molar-refractivity contribution is -0.118. The van der Waals surface area contributed by atoms with Gasteiger partial charge in [-0.3, -0.25) is 4.79 Å². The minimum absolute atomic E-state index is 0.234. The number of hydrogen-bond donors (Lipinski definition) is 1. The number of primary amides is 1. The number of rotatable bonds is 10.